The first kappa shape index (κ1) is 13.8. The predicted octanol–water partition coefficient (Wildman–Crippen LogP) is -1.66. The zero-order valence-corrected chi connectivity index (χ0v) is 8.09. The molecule has 0 aliphatic carbocycles. The summed E-state index contributed by atoms with van der Waals surface area (Å²) in [5, 5.41) is 25.5. The van der Waals surface area contributed by atoms with E-state index in [4.69, 9.17) is 29.5 Å². The van der Waals surface area contributed by atoms with Crippen LogP contribution in [0.15, 0.2) is 0 Å². The topological polar surface area (TPSA) is 88.4 Å². The van der Waals surface area contributed by atoms with Crippen molar-refractivity contribution in [3.8, 4) is 0 Å². The molecule has 14 heavy (non-hydrogen) atoms. The summed E-state index contributed by atoms with van der Waals surface area (Å²) in [7, 11) is 0. The first-order valence-corrected chi connectivity index (χ1v) is 4.48. The number of ether oxygens (including phenoxy) is 3. The molecule has 86 valence electrons. The van der Waals surface area contributed by atoms with E-state index in [1.165, 1.54) is 0 Å². The molecule has 6 nitrogen and oxygen atoms in total. The molecule has 0 radical (unpaired) electrons. The molecule has 0 aromatic carbocycles. The minimum atomic E-state index is -1.13. The van der Waals surface area contributed by atoms with Gasteiger partial charge in [0.15, 0.2) is 6.29 Å². The van der Waals surface area contributed by atoms with Crippen molar-refractivity contribution < 1.29 is 29.5 Å². The minimum absolute atomic E-state index is 0.00576. The summed E-state index contributed by atoms with van der Waals surface area (Å²) in [6.45, 7) is 1.29. The molecular formula is C8H18O6. The van der Waals surface area contributed by atoms with Gasteiger partial charge in [-0.2, -0.15) is 0 Å². The third-order valence-corrected chi connectivity index (χ3v) is 1.30. The van der Waals surface area contributed by atoms with Crippen LogP contribution in [0, 0.1) is 0 Å². The molecule has 0 unspecified atom stereocenters. The van der Waals surface area contributed by atoms with Crippen LogP contribution < -0.4 is 0 Å². The first-order valence-electron chi connectivity index (χ1n) is 4.48. The number of aliphatic hydroxyl groups is 3. The van der Waals surface area contributed by atoms with Crippen LogP contribution in [0.4, 0.5) is 0 Å². The van der Waals surface area contributed by atoms with Gasteiger partial charge in [0, 0.05) is 0 Å². The molecule has 6 heteroatoms. The van der Waals surface area contributed by atoms with E-state index in [-0.39, 0.29) is 13.2 Å². The van der Waals surface area contributed by atoms with Crippen molar-refractivity contribution in [2.45, 2.75) is 6.29 Å². The molecule has 0 fully saturated rings. The maximum atomic E-state index is 8.75. The van der Waals surface area contributed by atoms with Crippen molar-refractivity contribution >= 4 is 0 Å². The monoisotopic (exact) mass is 210 g/mol. The van der Waals surface area contributed by atoms with Crippen molar-refractivity contribution in [3.63, 3.8) is 0 Å². The van der Waals surface area contributed by atoms with Crippen molar-refractivity contribution in [2.75, 3.05) is 46.2 Å². The highest BCUT2D eigenvalue weighted by atomic mass is 16.6. The SMILES string of the molecule is OCCOCCOCCO[C@H](O)CO. The van der Waals surface area contributed by atoms with Gasteiger partial charge in [-0.25, -0.2) is 0 Å². The summed E-state index contributed by atoms with van der Waals surface area (Å²) < 4.78 is 14.7. The first-order chi connectivity index (χ1) is 6.81. The van der Waals surface area contributed by atoms with E-state index >= 15 is 0 Å². The van der Waals surface area contributed by atoms with Gasteiger partial charge >= 0.3 is 0 Å². The van der Waals surface area contributed by atoms with Crippen LogP contribution in [0.25, 0.3) is 0 Å². The summed E-state index contributed by atoms with van der Waals surface area (Å²) >= 11 is 0. The van der Waals surface area contributed by atoms with Crippen molar-refractivity contribution in [1.82, 2.24) is 0 Å². The van der Waals surface area contributed by atoms with Crippen molar-refractivity contribution in [1.29, 1.82) is 0 Å². The zero-order chi connectivity index (χ0) is 10.6. The van der Waals surface area contributed by atoms with Gasteiger partial charge in [-0.3, -0.25) is 0 Å². The second-order valence-electron chi connectivity index (χ2n) is 2.46. The quantitative estimate of drug-likeness (QED) is 0.295. The van der Waals surface area contributed by atoms with Gasteiger partial charge in [-0.05, 0) is 0 Å². The lowest BCUT2D eigenvalue weighted by molar-refractivity contribution is -0.135. The van der Waals surface area contributed by atoms with Gasteiger partial charge in [0.25, 0.3) is 0 Å². The average molecular weight is 210 g/mol. The van der Waals surface area contributed by atoms with Crippen molar-refractivity contribution in [3.05, 3.63) is 0 Å². The molecule has 0 heterocycles. The van der Waals surface area contributed by atoms with Gasteiger partial charge in [-0.1, -0.05) is 0 Å². The predicted molar refractivity (Wildman–Crippen MR) is 47.8 cm³/mol. The summed E-state index contributed by atoms with van der Waals surface area (Å²) in [5.74, 6) is 0. The van der Waals surface area contributed by atoms with E-state index in [0.29, 0.717) is 26.4 Å². The van der Waals surface area contributed by atoms with E-state index in [2.05, 4.69) is 0 Å². The molecule has 0 aromatic heterocycles. The van der Waals surface area contributed by atoms with E-state index < -0.39 is 12.9 Å². The second-order valence-corrected chi connectivity index (χ2v) is 2.46. The van der Waals surface area contributed by atoms with Gasteiger partial charge in [0.05, 0.1) is 46.2 Å². The molecule has 0 spiro atoms. The van der Waals surface area contributed by atoms with Crippen LogP contribution >= 0.6 is 0 Å². The number of rotatable bonds is 10. The van der Waals surface area contributed by atoms with E-state index in [1.54, 1.807) is 0 Å². The lowest BCUT2D eigenvalue weighted by atomic mass is 10.6. The van der Waals surface area contributed by atoms with Crippen LogP contribution in [0.2, 0.25) is 0 Å². The Bertz CT molecular complexity index is 110. The molecule has 0 rings (SSSR count). The third kappa shape index (κ3) is 9.85. The second kappa shape index (κ2) is 10.8. The number of aliphatic hydroxyl groups excluding tert-OH is 3. The molecule has 0 aliphatic heterocycles. The minimum Gasteiger partial charge on any atom is -0.394 e. The number of hydrogen-bond donors (Lipinski definition) is 3. The highest BCUT2D eigenvalue weighted by Gasteiger charge is 1.99. The van der Waals surface area contributed by atoms with Crippen LogP contribution in [0.1, 0.15) is 0 Å². The Hall–Kier alpha value is -0.240. The highest BCUT2D eigenvalue weighted by molar-refractivity contribution is 4.36. The fourth-order valence-electron chi connectivity index (χ4n) is 0.682. The van der Waals surface area contributed by atoms with Crippen LogP contribution in [0.5, 0.6) is 0 Å². The highest BCUT2D eigenvalue weighted by Crippen LogP contribution is 1.85. The average Bonchev–Trinajstić information content (AvgIpc) is 2.21. The van der Waals surface area contributed by atoms with E-state index in [9.17, 15) is 0 Å². The van der Waals surface area contributed by atoms with Crippen LogP contribution in [-0.4, -0.2) is 67.9 Å². The molecule has 0 bridgehead atoms. The Morgan fingerprint density at radius 2 is 1.43 bits per heavy atom. The molecule has 3 N–H and O–H groups in total. The molecule has 0 saturated heterocycles. The lowest BCUT2D eigenvalue weighted by Crippen LogP contribution is -2.19. The van der Waals surface area contributed by atoms with Crippen LogP contribution in [-0.2, 0) is 14.2 Å². The van der Waals surface area contributed by atoms with Crippen molar-refractivity contribution in [2.24, 2.45) is 0 Å². The molecule has 1 atom stereocenters. The van der Waals surface area contributed by atoms with Gasteiger partial charge in [0.1, 0.15) is 0 Å². The van der Waals surface area contributed by atoms with Gasteiger partial charge in [0.2, 0.25) is 0 Å². The largest absolute Gasteiger partial charge is 0.394 e. The molecular weight excluding hydrogens is 192 g/mol. The summed E-state index contributed by atoms with van der Waals surface area (Å²) in [4.78, 5) is 0. The Morgan fingerprint density at radius 1 is 0.857 bits per heavy atom. The fraction of sp³-hybridized carbons (Fsp3) is 1.00. The standard InChI is InChI=1S/C8H18O6/c9-1-2-12-3-4-13-5-6-14-8(11)7-10/h8-11H,1-7H2/t8-/m0/s1. The maximum absolute atomic E-state index is 8.75. The Labute approximate surface area is 83.0 Å². The lowest BCUT2D eigenvalue weighted by Gasteiger charge is -2.09. The third-order valence-electron chi connectivity index (χ3n) is 1.30. The number of hydrogen-bond acceptors (Lipinski definition) is 6. The zero-order valence-electron chi connectivity index (χ0n) is 8.09. The fourth-order valence-corrected chi connectivity index (χ4v) is 0.682. The molecule has 0 amide bonds. The molecule has 0 aliphatic rings. The maximum Gasteiger partial charge on any atom is 0.177 e. The Morgan fingerprint density at radius 3 is 2.00 bits per heavy atom. The summed E-state index contributed by atoms with van der Waals surface area (Å²) in [6, 6.07) is 0. The van der Waals surface area contributed by atoms with Gasteiger partial charge < -0.3 is 29.5 Å². The van der Waals surface area contributed by atoms with E-state index in [1.807, 2.05) is 0 Å². The Balaban J connectivity index is 2.92. The van der Waals surface area contributed by atoms with E-state index in [0.717, 1.165) is 0 Å². The molecule has 0 saturated carbocycles. The van der Waals surface area contributed by atoms with Gasteiger partial charge in [-0.15, -0.1) is 0 Å². The Kier molecular flexibility index (Phi) is 10.7. The summed E-state index contributed by atoms with van der Waals surface area (Å²) in [6.07, 6.45) is -1.13. The molecule has 0 aromatic rings. The van der Waals surface area contributed by atoms with Crippen LogP contribution in [0.3, 0.4) is 0 Å². The smallest absolute Gasteiger partial charge is 0.177 e. The summed E-state index contributed by atoms with van der Waals surface area (Å²) in [5.41, 5.74) is 0. The normalized spacial score (nSPS) is 13.1.